The van der Waals surface area contributed by atoms with Crippen molar-refractivity contribution in [3.05, 3.63) is 86.0 Å². The van der Waals surface area contributed by atoms with E-state index >= 15 is 0 Å². The van der Waals surface area contributed by atoms with E-state index in [1.165, 1.54) is 30.3 Å². The lowest BCUT2D eigenvalue weighted by atomic mass is 9.93. The zero-order valence-corrected chi connectivity index (χ0v) is 13.5. The summed E-state index contributed by atoms with van der Waals surface area (Å²) >= 11 is 0. The van der Waals surface area contributed by atoms with Crippen LogP contribution in [-0.4, -0.2) is 21.7 Å². The highest BCUT2D eigenvalue weighted by Crippen LogP contribution is 2.36. The normalized spacial score (nSPS) is 13.1. The molecule has 1 aliphatic heterocycles. The molecule has 132 valence electrons. The molecule has 0 fully saturated rings. The van der Waals surface area contributed by atoms with Crippen LogP contribution in [0.25, 0.3) is 10.8 Å². The van der Waals surface area contributed by atoms with Crippen LogP contribution in [0.2, 0.25) is 0 Å². The number of imide groups is 1. The maximum atomic E-state index is 13.0. The van der Waals surface area contributed by atoms with Crippen LogP contribution in [0.15, 0.2) is 54.6 Å². The third kappa shape index (κ3) is 2.41. The molecule has 0 bridgehead atoms. The summed E-state index contributed by atoms with van der Waals surface area (Å²) in [6.45, 7) is 0. The van der Waals surface area contributed by atoms with Gasteiger partial charge in [0.15, 0.2) is 0 Å². The lowest BCUT2D eigenvalue weighted by molar-refractivity contribution is -0.385. The Morgan fingerprint density at radius 3 is 2.11 bits per heavy atom. The van der Waals surface area contributed by atoms with Crippen LogP contribution in [0, 0.1) is 20.2 Å². The Hall–Kier alpha value is -4.14. The molecule has 0 aliphatic carbocycles. The van der Waals surface area contributed by atoms with E-state index < -0.39 is 21.7 Å². The monoisotopic (exact) mass is 363 g/mol. The van der Waals surface area contributed by atoms with Crippen LogP contribution >= 0.6 is 0 Å². The van der Waals surface area contributed by atoms with Gasteiger partial charge in [0.2, 0.25) is 0 Å². The fourth-order valence-corrected chi connectivity index (χ4v) is 3.18. The largest absolute Gasteiger partial charge is 0.271 e. The zero-order valence-electron chi connectivity index (χ0n) is 13.5. The van der Waals surface area contributed by atoms with Crippen molar-refractivity contribution in [1.29, 1.82) is 0 Å². The van der Waals surface area contributed by atoms with Crippen molar-refractivity contribution in [2.24, 2.45) is 0 Å². The molecule has 2 amide bonds. The van der Waals surface area contributed by atoms with Crippen LogP contribution in [0.1, 0.15) is 20.7 Å². The number of nitrogens with zero attached hydrogens (tertiary/aromatic N) is 3. The summed E-state index contributed by atoms with van der Waals surface area (Å²) in [5.41, 5.74) is -0.342. The molecule has 0 atom stereocenters. The van der Waals surface area contributed by atoms with Gasteiger partial charge in [0.1, 0.15) is 0 Å². The molecule has 0 N–H and O–H groups in total. The minimum absolute atomic E-state index is 0.000839. The minimum atomic E-state index is -0.770. The highest BCUT2D eigenvalue weighted by molar-refractivity contribution is 6.36. The lowest BCUT2D eigenvalue weighted by Crippen LogP contribution is -2.40. The number of benzene rings is 3. The second kappa shape index (κ2) is 5.70. The van der Waals surface area contributed by atoms with E-state index in [9.17, 15) is 29.8 Å². The Labute approximate surface area is 150 Å². The van der Waals surface area contributed by atoms with E-state index in [1.807, 2.05) is 0 Å². The van der Waals surface area contributed by atoms with Crippen LogP contribution < -0.4 is 4.90 Å². The molecule has 9 nitrogen and oxygen atoms in total. The van der Waals surface area contributed by atoms with Gasteiger partial charge in [-0.05, 0) is 17.5 Å². The Morgan fingerprint density at radius 1 is 0.741 bits per heavy atom. The Bertz CT molecular complexity index is 1190. The molecule has 1 heterocycles. The SMILES string of the molecule is O=C1c2cccc3cc([N+](=O)[O-])cc(c23)C(=O)N1c1cccc([N+](=O)[O-])c1. The fraction of sp³-hybridized carbons (Fsp3) is 0. The molecule has 1 aliphatic rings. The van der Waals surface area contributed by atoms with E-state index in [2.05, 4.69) is 0 Å². The minimum Gasteiger partial charge on any atom is -0.268 e. The number of hydrogen-bond acceptors (Lipinski definition) is 6. The first-order chi connectivity index (χ1) is 12.9. The summed E-state index contributed by atoms with van der Waals surface area (Å²) in [6.07, 6.45) is 0. The van der Waals surface area contributed by atoms with Gasteiger partial charge in [-0.25, -0.2) is 4.90 Å². The van der Waals surface area contributed by atoms with Crippen LogP contribution in [-0.2, 0) is 0 Å². The molecule has 3 aromatic carbocycles. The van der Waals surface area contributed by atoms with Gasteiger partial charge in [-0.3, -0.25) is 29.8 Å². The van der Waals surface area contributed by atoms with Gasteiger partial charge in [-0.15, -0.1) is 0 Å². The highest BCUT2D eigenvalue weighted by atomic mass is 16.6. The van der Waals surface area contributed by atoms with Crippen molar-refractivity contribution in [3.8, 4) is 0 Å². The number of nitro groups is 2. The molecule has 0 spiro atoms. The average molecular weight is 363 g/mol. The number of non-ortho nitro benzene ring substituents is 2. The Kier molecular flexibility index (Phi) is 3.45. The standard InChI is InChI=1S/C18H9N3O6/c22-17-14-6-1-3-10-7-13(21(26)27)9-15(16(10)14)18(23)19(17)11-4-2-5-12(8-11)20(24)25/h1-9H. The van der Waals surface area contributed by atoms with E-state index in [1.54, 1.807) is 12.1 Å². The highest BCUT2D eigenvalue weighted by Gasteiger charge is 2.35. The molecule has 0 saturated carbocycles. The average Bonchev–Trinajstić information content (AvgIpc) is 2.65. The molecule has 3 aromatic rings. The molecular formula is C18H9N3O6. The van der Waals surface area contributed by atoms with Gasteiger partial charge >= 0.3 is 0 Å². The van der Waals surface area contributed by atoms with Gasteiger partial charge in [0.25, 0.3) is 23.2 Å². The first kappa shape index (κ1) is 16.3. The first-order valence-electron chi connectivity index (χ1n) is 7.73. The molecule has 0 aromatic heterocycles. The van der Waals surface area contributed by atoms with E-state index in [0.29, 0.717) is 10.8 Å². The smallest absolute Gasteiger partial charge is 0.268 e. The second-order valence-corrected chi connectivity index (χ2v) is 5.88. The predicted molar refractivity (Wildman–Crippen MR) is 94.8 cm³/mol. The maximum Gasteiger partial charge on any atom is 0.271 e. The van der Waals surface area contributed by atoms with Crippen LogP contribution in [0.5, 0.6) is 0 Å². The van der Waals surface area contributed by atoms with Gasteiger partial charge in [-0.1, -0.05) is 18.2 Å². The maximum absolute atomic E-state index is 13.0. The number of hydrogen-bond donors (Lipinski definition) is 0. The summed E-state index contributed by atoms with van der Waals surface area (Å²) in [5.74, 6) is -1.42. The molecular weight excluding hydrogens is 354 g/mol. The van der Waals surface area contributed by atoms with Crippen molar-refractivity contribution in [1.82, 2.24) is 0 Å². The summed E-state index contributed by atoms with van der Waals surface area (Å²) in [5, 5.41) is 22.9. The number of carbonyl (C=O) groups excluding carboxylic acids is 2. The van der Waals surface area contributed by atoms with Gasteiger partial charge in [0.05, 0.1) is 21.1 Å². The quantitative estimate of drug-likeness (QED) is 0.399. The third-order valence-electron chi connectivity index (χ3n) is 4.34. The summed E-state index contributed by atoms with van der Waals surface area (Å²) < 4.78 is 0. The fourth-order valence-electron chi connectivity index (χ4n) is 3.18. The molecule has 0 unspecified atom stereocenters. The third-order valence-corrected chi connectivity index (χ3v) is 4.34. The summed E-state index contributed by atoms with van der Waals surface area (Å²) in [4.78, 5) is 47.6. The van der Waals surface area contributed by atoms with Crippen molar-refractivity contribution >= 4 is 39.6 Å². The number of carbonyl (C=O) groups is 2. The van der Waals surface area contributed by atoms with Crippen LogP contribution in [0.3, 0.4) is 0 Å². The van der Waals surface area contributed by atoms with E-state index in [-0.39, 0.29) is 28.2 Å². The first-order valence-corrected chi connectivity index (χ1v) is 7.73. The van der Waals surface area contributed by atoms with Crippen LogP contribution in [0.4, 0.5) is 17.1 Å². The van der Waals surface area contributed by atoms with Gasteiger partial charge < -0.3 is 0 Å². The molecule has 9 heteroatoms. The zero-order chi connectivity index (χ0) is 19.3. The lowest BCUT2D eigenvalue weighted by Gasteiger charge is -2.27. The second-order valence-electron chi connectivity index (χ2n) is 5.88. The predicted octanol–water partition coefficient (Wildman–Crippen LogP) is 3.46. The topological polar surface area (TPSA) is 124 Å². The van der Waals surface area contributed by atoms with E-state index in [4.69, 9.17) is 0 Å². The molecule has 0 saturated heterocycles. The number of rotatable bonds is 3. The Balaban J connectivity index is 1.97. The van der Waals surface area contributed by atoms with Gasteiger partial charge in [0, 0.05) is 35.2 Å². The molecule has 0 radical (unpaired) electrons. The van der Waals surface area contributed by atoms with E-state index in [0.717, 1.165) is 17.0 Å². The molecule has 4 rings (SSSR count). The summed E-state index contributed by atoms with van der Waals surface area (Å²) in [7, 11) is 0. The van der Waals surface area contributed by atoms with Crippen molar-refractivity contribution in [3.63, 3.8) is 0 Å². The van der Waals surface area contributed by atoms with Crippen molar-refractivity contribution in [2.75, 3.05) is 4.90 Å². The van der Waals surface area contributed by atoms with Crippen molar-refractivity contribution < 1.29 is 19.4 Å². The summed E-state index contributed by atoms with van der Waals surface area (Å²) in [6, 6.07) is 12.2. The molecule has 27 heavy (non-hydrogen) atoms. The van der Waals surface area contributed by atoms with Gasteiger partial charge in [-0.2, -0.15) is 0 Å². The Morgan fingerprint density at radius 2 is 1.41 bits per heavy atom. The van der Waals surface area contributed by atoms with Crippen molar-refractivity contribution in [2.45, 2.75) is 0 Å². The number of anilines is 1. The number of nitro benzene ring substituents is 2. The number of amides is 2.